The number of ether oxygens (including phenoxy) is 1. The number of halogens is 1. The highest BCUT2D eigenvalue weighted by molar-refractivity contribution is 6.06. The van der Waals surface area contributed by atoms with Crippen molar-refractivity contribution in [1.82, 2.24) is 9.88 Å². The number of hydrogen-bond acceptors (Lipinski definition) is 4. The Hall–Kier alpha value is -3.68. The van der Waals surface area contributed by atoms with Crippen LogP contribution in [0.15, 0.2) is 53.3 Å². The number of aromatic amines is 1. The van der Waals surface area contributed by atoms with E-state index in [1.807, 2.05) is 0 Å². The monoisotopic (exact) mass is 407 g/mol. The Kier molecular flexibility index (Phi) is 4.09. The summed E-state index contributed by atoms with van der Waals surface area (Å²) >= 11 is 0. The second-order valence-electron chi connectivity index (χ2n) is 7.58. The topological polar surface area (TPSA) is 91.5 Å². The zero-order valence-corrected chi connectivity index (χ0v) is 15.9. The van der Waals surface area contributed by atoms with Gasteiger partial charge in [-0.2, -0.15) is 0 Å². The number of benzene rings is 2. The van der Waals surface area contributed by atoms with E-state index in [0.717, 1.165) is 0 Å². The molecule has 2 aliphatic heterocycles. The number of piperidine rings is 1. The largest absolute Gasteiger partial charge is 0.438 e. The van der Waals surface area contributed by atoms with Gasteiger partial charge in [-0.1, -0.05) is 6.07 Å². The molecule has 0 radical (unpaired) electrons. The molecule has 1 aromatic heterocycles. The molecule has 1 spiro atoms. The Morgan fingerprint density at radius 1 is 1.07 bits per heavy atom. The number of aromatic nitrogens is 1. The number of rotatable bonds is 1. The second-order valence-corrected chi connectivity index (χ2v) is 7.58. The average molecular weight is 407 g/mol. The van der Waals surface area contributed by atoms with Gasteiger partial charge in [-0.15, -0.1) is 0 Å². The van der Waals surface area contributed by atoms with Crippen LogP contribution in [0.2, 0.25) is 0 Å². The predicted octanol–water partition coefficient (Wildman–Crippen LogP) is 3.36. The lowest BCUT2D eigenvalue weighted by molar-refractivity contribution is -0.0333. The summed E-state index contributed by atoms with van der Waals surface area (Å²) in [5.74, 6) is -0.571. The molecule has 152 valence electrons. The maximum absolute atomic E-state index is 13.9. The van der Waals surface area contributed by atoms with Crippen molar-refractivity contribution in [2.45, 2.75) is 18.4 Å². The predicted molar refractivity (Wildman–Crippen MR) is 108 cm³/mol. The highest BCUT2D eigenvalue weighted by Crippen LogP contribution is 2.44. The summed E-state index contributed by atoms with van der Waals surface area (Å²) in [6, 6.07) is 12.4. The van der Waals surface area contributed by atoms with Gasteiger partial charge in [-0.3, -0.25) is 14.9 Å². The molecule has 2 N–H and O–H groups in total. The zero-order chi connectivity index (χ0) is 20.9. The van der Waals surface area contributed by atoms with E-state index in [9.17, 15) is 18.8 Å². The normalized spacial score (nSPS) is 17.4. The van der Waals surface area contributed by atoms with Crippen LogP contribution in [0.4, 0.5) is 14.9 Å². The van der Waals surface area contributed by atoms with Crippen LogP contribution in [0, 0.1) is 5.82 Å². The molecule has 1 fully saturated rings. The van der Waals surface area contributed by atoms with Crippen molar-refractivity contribution in [3.63, 3.8) is 0 Å². The molecule has 0 saturated carbocycles. The number of H-pyrrole nitrogens is 1. The number of anilines is 1. The number of amides is 2. The molecule has 7 nitrogen and oxygen atoms in total. The van der Waals surface area contributed by atoms with Crippen molar-refractivity contribution in [3.05, 3.63) is 75.8 Å². The number of nitrogens with one attached hydrogen (secondary N) is 2. The molecule has 2 amide bonds. The fourth-order valence-corrected chi connectivity index (χ4v) is 4.36. The number of fused-ring (bicyclic) bond motifs is 3. The number of hydrogen-bond donors (Lipinski definition) is 2. The van der Waals surface area contributed by atoms with Crippen molar-refractivity contribution in [1.29, 1.82) is 0 Å². The molecular formula is C22H18FN3O4. The van der Waals surface area contributed by atoms with Crippen LogP contribution in [0.3, 0.4) is 0 Å². The van der Waals surface area contributed by atoms with Crippen LogP contribution in [0.5, 0.6) is 0 Å². The summed E-state index contributed by atoms with van der Waals surface area (Å²) in [6.45, 7) is 0.698. The minimum atomic E-state index is -0.958. The maximum atomic E-state index is 13.9. The SMILES string of the molecule is O=C1Nc2ccc(F)cc2C2(CCN(C(=O)c3cccc4[nH]c(=O)ccc34)CC2)O1. The first-order valence-corrected chi connectivity index (χ1v) is 9.67. The fraction of sp³-hybridized carbons (Fsp3) is 0.227. The van der Waals surface area contributed by atoms with E-state index < -0.39 is 17.5 Å². The average Bonchev–Trinajstić information content (AvgIpc) is 2.74. The van der Waals surface area contributed by atoms with Crippen molar-refractivity contribution >= 4 is 28.6 Å². The summed E-state index contributed by atoms with van der Waals surface area (Å²) in [6.07, 6.45) is 0.154. The van der Waals surface area contributed by atoms with Crippen molar-refractivity contribution in [3.8, 4) is 0 Å². The first-order valence-electron chi connectivity index (χ1n) is 9.67. The Morgan fingerprint density at radius 2 is 1.87 bits per heavy atom. The lowest BCUT2D eigenvalue weighted by atomic mass is 9.82. The molecule has 0 unspecified atom stereocenters. The molecule has 0 atom stereocenters. The Balaban J connectivity index is 1.43. The van der Waals surface area contributed by atoms with Gasteiger partial charge in [0, 0.05) is 54.0 Å². The zero-order valence-electron chi connectivity index (χ0n) is 15.9. The van der Waals surface area contributed by atoms with Crippen molar-refractivity contribution < 1.29 is 18.7 Å². The van der Waals surface area contributed by atoms with E-state index in [1.165, 1.54) is 24.3 Å². The van der Waals surface area contributed by atoms with Crippen LogP contribution >= 0.6 is 0 Å². The van der Waals surface area contributed by atoms with Crippen LogP contribution in [0.25, 0.3) is 10.9 Å². The molecule has 3 aromatic rings. The van der Waals surface area contributed by atoms with Gasteiger partial charge in [0.15, 0.2) is 0 Å². The van der Waals surface area contributed by atoms with E-state index >= 15 is 0 Å². The van der Waals surface area contributed by atoms with Gasteiger partial charge in [-0.25, -0.2) is 9.18 Å². The fourth-order valence-electron chi connectivity index (χ4n) is 4.36. The molecular weight excluding hydrogens is 389 g/mol. The summed E-state index contributed by atoms with van der Waals surface area (Å²) in [4.78, 5) is 41.2. The second kappa shape index (κ2) is 6.69. The number of likely N-dealkylation sites (tertiary alicyclic amines) is 1. The third kappa shape index (κ3) is 2.92. The van der Waals surface area contributed by atoms with E-state index in [1.54, 1.807) is 29.2 Å². The van der Waals surface area contributed by atoms with Crippen LogP contribution < -0.4 is 10.9 Å². The van der Waals surface area contributed by atoms with E-state index in [2.05, 4.69) is 10.3 Å². The molecule has 0 bridgehead atoms. The summed E-state index contributed by atoms with van der Waals surface area (Å²) in [7, 11) is 0. The van der Waals surface area contributed by atoms with Gasteiger partial charge >= 0.3 is 6.09 Å². The van der Waals surface area contributed by atoms with E-state index in [-0.39, 0.29) is 11.5 Å². The van der Waals surface area contributed by atoms with E-state index in [0.29, 0.717) is 53.6 Å². The molecule has 0 aliphatic carbocycles. The van der Waals surface area contributed by atoms with Gasteiger partial charge in [-0.05, 0) is 36.4 Å². The Bertz CT molecular complexity index is 1240. The summed E-state index contributed by atoms with van der Waals surface area (Å²) < 4.78 is 19.5. The molecule has 2 aliphatic rings. The van der Waals surface area contributed by atoms with Gasteiger partial charge in [0.2, 0.25) is 5.56 Å². The molecule has 3 heterocycles. The van der Waals surface area contributed by atoms with Gasteiger partial charge in [0.05, 0.1) is 5.69 Å². The lowest BCUT2D eigenvalue weighted by Crippen LogP contribution is -2.49. The Labute approximate surface area is 170 Å². The number of nitrogens with zero attached hydrogens (tertiary/aromatic N) is 1. The smallest absolute Gasteiger partial charge is 0.412 e. The third-order valence-corrected chi connectivity index (χ3v) is 5.85. The van der Waals surface area contributed by atoms with E-state index in [4.69, 9.17) is 4.74 Å². The van der Waals surface area contributed by atoms with Crippen LogP contribution in [-0.2, 0) is 10.3 Å². The van der Waals surface area contributed by atoms with Crippen molar-refractivity contribution in [2.24, 2.45) is 0 Å². The Morgan fingerprint density at radius 3 is 2.67 bits per heavy atom. The number of carbonyl (C=O) groups excluding carboxylic acids is 2. The third-order valence-electron chi connectivity index (χ3n) is 5.85. The molecule has 1 saturated heterocycles. The van der Waals surface area contributed by atoms with Gasteiger partial charge in [0.1, 0.15) is 11.4 Å². The van der Waals surface area contributed by atoms with Gasteiger partial charge in [0.25, 0.3) is 5.91 Å². The summed E-state index contributed by atoms with van der Waals surface area (Å²) in [5.41, 5.74) is 1.03. The highest BCUT2D eigenvalue weighted by Gasteiger charge is 2.45. The highest BCUT2D eigenvalue weighted by atomic mass is 19.1. The maximum Gasteiger partial charge on any atom is 0.412 e. The minimum absolute atomic E-state index is 0.165. The first kappa shape index (κ1) is 18.4. The standard InChI is InChI=1S/C22H18FN3O4/c23-13-4-6-18-16(12-13)22(30-21(29)25-18)8-10-26(11-9-22)20(28)15-2-1-3-17-14(15)5-7-19(27)24-17/h1-7,12H,8-11H2,(H,24,27)(H,25,29). The van der Waals surface area contributed by atoms with Crippen LogP contribution in [0.1, 0.15) is 28.8 Å². The summed E-state index contributed by atoms with van der Waals surface area (Å²) in [5, 5.41) is 3.28. The van der Waals surface area contributed by atoms with Crippen molar-refractivity contribution in [2.75, 3.05) is 18.4 Å². The lowest BCUT2D eigenvalue weighted by Gasteiger charge is -2.44. The molecule has 5 rings (SSSR count). The number of pyridine rings is 1. The van der Waals surface area contributed by atoms with Crippen LogP contribution in [-0.4, -0.2) is 35.0 Å². The molecule has 30 heavy (non-hydrogen) atoms. The number of carbonyl (C=O) groups is 2. The quantitative estimate of drug-likeness (QED) is 0.647. The molecule has 2 aromatic carbocycles. The molecule has 8 heteroatoms. The minimum Gasteiger partial charge on any atom is -0.438 e. The first-order chi connectivity index (χ1) is 14.4. The van der Waals surface area contributed by atoms with Gasteiger partial charge < -0.3 is 14.6 Å².